The second-order valence-electron chi connectivity index (χ2n) is 7.84. The summed E-state index contributed by atoms with van der Waals surface area (Å²) in [5.74, 6) is 0.984. The first-order chi connectivity index (χ1) is 9.62. The van der Waals surface area contributed by atoms with E-state index in [1.54, 1.807) is 0 Å². The summed E-state index contributed by atoms with van der Waals surface area (Å²) in [5.41, 5.74) is -0.339. The van der Waals surface area contributed by atoms with Crippen molar-refractivity contribution in [3.05, 3.63) is 0 Å². The van der Waals surface area contributed by atoms with Gasteiger partial charge in [-0.25, -0.2) is 0 Å². The zero-order valence-electron chi connectivity index (χ0n) is 13.2. The van der Waals surface area contributed by atoms with Crippen molar-refractivity contribution in [1.29, 1.82) is 0 Å². The van der Waals surface area contributed by atoms with Crippen LogP contribution in [-0.2, 0) is 4.74 Å². The molecule has 2 nitrogen and oxygen atoms in total. The average molecular weight is 280 g/mol. The highest BCUT2D eigenvalue weighted by molar-refractivity contribution is 4.98. The van der Waals surface area contributed by atoms with E-state index in [4.69, 9.17) is 4.74 Å². The van der Waals surface area contributed by atoms with Gasteiger partial charge in [0, 0.05) is 6.61 Å². The minimum Gasteiger partial charge on any atom is -0.390 e. The van der Waals surface area contributed by atoms with Gasteiger partial charge in [-0.2, -0.15) is 0 Å². The standard InChI is InChI=1S/C18H32O2/c1-17(19,15-8-4-2-5-9-15)16-10-13-20-18(14-16)11-6-3-7-12-18/h15-16,19H,2-14H2,1H3. The molecule has 3 rings (SSSR count). The molecule has 3 aliphatic rings. The molecule has 1 spiro atoms. The van der Waals surface area contributed by atoms with Crippen molar-refractivity contribution in [3.63, 3.8) is 0 Å². The van der Waals surface area contributed by atoms with Gasteiger partial charge in [0.05, 0.1) is 11.2 Å². The number of hydrogen-bond donors (Lipinski definition) is 1. The quantitative estimate of drug-likeness (QED) is 0.810. The first-order valence-corrected chi connectivity index (χ1v) is 8.99. The minimum absolute atomic E-state index is 0.125. The van der Waals surface area contributed by atoms with Crippen molar-refractivity contribution in [2.45, 2.75) is 95.2 Å². The van der Waals surface area contributed by atoms with E-state index in [9.17, 15) is 5.11 Å². The fourth-order valence-corrected chi connectivity index (χ4v) is 5.09. The molecule has 1 aliphatic heterocycles. The molecule has 2 heteroatoms. The monoisotopic (exact) mass is 280 g/mol. The Labute approximate surface area is 124 Å². The Morgan fingerprint density at radius 1 is 0.900 bits per heavy atom. The van der Waals surface area contributed by atoms with Gasteiger partial charge in [0.25, 0.3) is 0 Å². The largest absolute Gasteiger partial charge is 0.390 e. The second kappa shape index (κ2) is 5.96. The van der Waals surface area contributed by atoms with Gasteiger partial charge in [0.15, 0.2) is 0 Å². The van der Waals surface area contributed by atoms with Crippen LogP contribution in [0.1, 0.15) is 84.0 Å². The van der Waals surface area contributed by atoms with Gasteiger partial charge in [-0.1, -0.05) is 38.5 Å². The normalized spacial score (nSPS) is 34.8. The van der Waals surface area contributed by atoms with Gasteiger partial charge in [-0.15, -0.1) is 0 Å². The van der Waals surface area contributed by atoms with E-state index < -0.39 is 5.60 Å². The Bertz CT molecular complexity index is 306. The fourth-order valence-electron chi connectivity index (χ4n) is 5.09. The van der Waals surface area contributed by atoms with Crippen molar-refractivity contribution in [1.82, 2.24) is 0 Å². The molecule has 2 aliphatic carbocycles. The summed E-state index contributed by atoms with van der Waals surface area (Å²) in [5, 5.41) is 11.2. The summed E-state index contributed by atoms with van der Waals surface area (Å²) in [4.78, 5) is 0. The lowest BCUT2D eigenvalue weighted by atomic mass is 9.65. The molecule has 0 bridgehead atoms. The van der Waals surface area contributed by atoms with Crippen LogP contribution < -0.4 is 0 Å². The number of ether oxygens (including phenoxy) is 1. The summed E-state index contributed by atoms with van der Waals surface area (Å²) in [6.45, 7) is 3.00. The smallest absolute Gasteiger partial charge is 0.0686 e. The van der Waals surface area contributed by atoms with E-state index >= 15 is 0 Å². The Morgan fingerprint density at radius 3 is 2.25 bits per heavy atom. The van der Waals surface area contributed by atoms with Crippen LogP contribution in [0.2, 0.25) is 0 Å². The zero-order valence-corrected chi connectivity index (χ0v) is 13.2. The maximum atomic E-state index is 11.2. The van der Waals surface area contributed by atoms with Crippen LogP contribution in [0.4, 0.5) is 0 Å². The predicted molar refractivity (Wildman–Crippen MR) is 81.7 cm³/mol. The average Bonchev–Trinajstić information content (AvgIpc) is 2.49. The third-order valence-corrected chi connectivity index (χ3v) is 6.52. The maximum absolute atomic E-state index is 11.2. The molecule has 0 radical (unpaired) electrons. The molecule has 20 heavy (non-hydrogen) atoms. The first kappa shape index (κ1) is 14.8. The minimum atomic E-state index is -0.464. The predicted octanol–water partition coefficient (Wildman–Crippen LogP) is 4.45. The number of hydrogen-bond acceptors (Lipinski definition) is 2. The van der Waals surface area contributed by atoms with Crippen LogP contribution in [0, 0.1) is 11.8 Å². The summed E-state index contributed by atoms with van der Waals surface area (Å²) >= 11 is 0. The van der Waals surface area contributed by atoms with Crippen LogP contribution in [0.3, 0.4) is 0 Å². The lowest BCUT2D eigenvalue weighted by Gasteiger charge is -2.50. The Balaban J connectivity index is 1.68. The molecule has 1 N–H and O–H groups in total. The van der Waals surface area contributed by atoms with Crippen LogP contribution in [0.25, 0.3) is 0 Å². The van der Waals surface area contributed by atoms with Crippen molar-refractivity contribution < 1.29 is 9.84 Å². The lowest BCUT2D eigenvalue weighted by molar-refractivity contribution is -0.167. The molecule has 0 aromatic rings. The van der Waals surface area contributed by atoms with E-state index in [0.29, 0.717) is 11.8 Å². The van der Waals surface area contributed by atoms with Crippen molar-refractivity contribution in [2.75, 3.05) is 6.61 Å². The summed E-state index contributed by atoms with van der Waals surface area (Å²) < 4.78 is 6.21. The number of rotatable bonds is 2. The van der Waals surface area contributed by atoms with E-state index in [0.717, 1.165) is 19.4 Å². The third kappa shape index (κ3) is 2.92. The molecular formula is C18H32O2. The second-order valence-corrected chi connectivity index (χ2v) is 7.84. The van der Waals surface area contributed by atoms with Gasteiger partial charge in [0.2, 0.25) is 0 Å². The van der Waals surface area contributed by atoms with Crippen molar-refractivity contribution in [3.8, 4) is 0 Å². The van der Waals surface area contributed by atoms with Crippen LogP contribution in [-0.4, -0.2) is 22.9 Å². The molecule has 2 unspecified atom stereocenters. The molecule has 0 aromatic carbocycles. The molecule has 1 heterocycles. The Morgan fingerprint density at radius 2 is 1.55 bits per heavy atom. The SMILES string of the molecule is CC(O)(C1CCCCC1)C1CCOC2(CCCCC2)C1. The van der Waals surface area contributed by atoms with Gasteiger partial charge < -0.3 is 9.84 Å². The first-order valence-electron chi connectivity index (χ1n) is 8.99. The van der Waals surface area contributed by atoms with Gasteiger partial charge in [-0.3, -0.25) is 0 Å². The van der Waals surface area contributed by atoms with E-state index in [-0.39, 0.29) is 5.60 Å². The van der Waals surface area contributed by atoms with Gasteiger partial charge >= 0.3 is 0 Å². The topological polar surface area (TPSA) is 29.5 Å². The van der Waals surface area contributed by atoms with Crippen LogP contribution in [0.5, 0.6) is 0 Å². The molecule has 3 fully saturated rings. The Kier molecular flexibility index (Phi) is 4.42. The van der Waals surface area contributed by atoms with E-state index in [1.807, 2.05) is 0 Å². The van der Waals surface area contributed by atoms with Gasteiger partial charge in [-0.05, 0) is 57.3 Å². The zero-order chi connectivity index (χ0) is 14.1. The van der Waals surface area contributed by atoms with Crippen LogP contribution >= 0.6 is 0 Å². The molecule has 1 saturated heterocycles. The highest BCUT2D eigenvalue weighted by atomic mass is 16.5. The number of aliphatic hydroxyl groups is 1. The molecule has 0 amide bonds. The molecule has 116 valence electrons. The summed E-state index contributed by atoms with van der Waals surface area (Å²) in [6, 6.07) is 0. The molecule has 2 atom stereocenters. The van der Waals surface area contributed by atoms with Gasteiger partial charge in [0.1, 0.15) is 0 Å². The van der Waals surface area contributed by atoms with E-state index in [2.05, 4.69) is 6.92 Å². The summed E-state index contributed by atoms with van der Waals surface area (Å²) in [6.07, 6.45) is 15.1. The maximum Gasteiger partial charge on any atom is 0.0686 e. The molecule has 2 saturated carbocycles. The molecular weight excluding hydrogens is 248 g/mol. The fraction of sp³-hybridized carbons (Fsp3) is 1.00. The highest BCUT2D eigenvalue weighted by Crippen LogP contribution is 2.47. The highest BCUT2D eigenvalue weighted by Gasteiger charge is 2.47. The van der Waals surface area contributed by atoms with E-state index in [1.165, 1.54) is 64.2 Å². The van der Waals surface area contributed by atoms with Crippen molar-refractivity contribution in [2.24, 2.45) is 11.8 Å². The van der Waals surface area contributed by atoms with Crippen molar-refractivity contribution >= 4 is 0 Å². The summed E-state index contributed by atoms with van der Waals surface area (Å²) in [7, 11) is 0. The lowest BCUT2D eigenvalue weighted by Crippen LogP contribution is -2.51. The third-order valence-electron chi connectivity index (χ3n) is 6.52. The Hall–Kier alpha value is -0.0800. The molecule has 0 aromatic heterocycles. The van der Waals surface area contributed by atoms with Crippen LogP contribution in [0.15, 0.2) is 0 Å².